The molecule has 1 aliphatic rings. The van der Waals surface area contributed by atoms with Gasteiger partial charge in [-0.3, -0.25) is 4.79 Å². The molecular weight excluding hydrogens is 184 g/mol. The lowest BCUT2D eigenvalue weighted by Crippen LogP contribution is -2.04. The van der Waals surface area contributed by atoms with Crippen LogP contribution in [0.2, 0.25) is 0 Å². The van der Waals surface area contributed by atoms with E-state index in [0.29, 0.717) is 5.78 Å². The molecule has 0 saturated heterocycles. The maximum absolute atomic E-state index is 11.3. The van der Waals surface area contributed by atoms with Crippen molar-refractivity contribution >= 4 is 5.78 Å². The number of hydrogen-bond donors (Lipinski definition) is 0. The molecule has 0 fully saturated rings. The van der Waals surface area contributed by atoms with Gasteiger partial charge >= 0.3 is 0 Å². The SMILES string of the molecule is CCCCCC/C=C\CC1CC=CC1=O. The lowest BCUT2D eigenvalue weighted by Gasteiger charge is -2.02. The zero-order valence-corrected chi connectivity index (χ0v) is 9.74. The summed E-state index contributed by atoms with van der Waals surface area (Å²) in [5.74, 6) is 0.558. The van der Waals surface area contributed by atoms with Crippen LogP contribution in [-0.2, 0) is 4.79 Å². The van der Waals surface area contributed by atoms with E-state index in [-0.39, 0.29) is 5.92 Å². The zero-order chi connectivity index (χ0) is 10.9. The molecule has 0 N–H and O–H groups in total. The third kappa shape index (κ3) is 4.96. The van der Waals surface area contributed by atoms with E-state index in [2.05, 4.69) is 19.1 Å². The normalized spacial score (nSPS) is 20.6. The van der Waals surface area contributed by atoms with Gasteiger partial charge in [-0.15, -0.1) is 0 Å². The Labute approximate surface area is 93.3 Å². The van der Waals surface area contributed by atoms with Crippen molar-refractivity contribution in [3.63, 3.8) is 0 Å². The van der Waals surface area contributed by atoms with Gasteiger partial charge in [-0.05, 0) is 31.8 Å². The Kier molecular flexibility index (Phi) is 6.06. The fourth-order valence-corrected chi connectivity index (χ4v) is 1.88. The number of hydrogen-bond acceptors (Lipinski definition) is 1. The van der Waals surface area contributed by atoms with Gasteiger partial charge in [-0.25, -0.2) is 0 Å². The fourth-order valence-electron chi connectivity index (χ4n) is 1.88. The van der Waals surface area contributed by atoms with Crippen molar-refractivity contribution in [3.05, 3.63) is 24.3 Å². The molecule has 1 aliphatic carbocycles. The van der Waals surface area contributed by atoms with E-state index >= 15 is 0 Å². The van der Waals surface area contributed by atoms with Crippen LogP contribution in [0.15, 0.2) is 24.3 Å². The molecule has 0 aromatic heterocycles. The molecule has 0 spiro atoms. The van der Waals surface area contributed by atoms with Gasteiger partial charge in [0.2, 0.25) is 0 Å². The molecule has 0 bridgehead atoms. The van der Waals surface area contributed by atoms with Crippen LogP contribution in [0.4, 0.5) is 0 Å². The molecule has 1 nitrogen and oxygen atoms in total. The summed E-state index contributed by atoms with van der Waals surface area (Å²) >= 11 is 0. The Morgan fingerprint density at radius 3 is 2.87 bits per heavy atom. The van der Waals surface area contributed by atoms with Crippen LogP contribution in [-0.4, -0.2) is 5.78 Å². The van der Waals surface area contributed by atoms with Crippen molar-refractivity contribution in [3.8, 4) is 0 Å². The predicted octanol–water partition coefficient (Wildman–Crippen LogP) is 4.05. The van der Waals surface area contributed by atoms with E-state index in [1.165, 1.54) is 32.1 Å². The fraction of sp³-hybridized carbons (Fsp3) is 0.643. The van der Waals surface area contributed by atoms with Crippen LogP contribution >= 0.6 is 0 Å². The Morgan fingerprint density at radius 1 is 1.33 bits per heavy atom. The van der Waals surface area contributed by atoms with Gasteiger partial charge < -0.3 is 0 Å². The van der Waals surface area contributed by atoms with Gasteiger partial charge in [0.25, 0.3) is 0 Å². The average molecular weight is 206 g/mol. The summed E-state index contributed by atoms with van der Waals surface area (Å²) in [5.41, 5.74) is 0. The molecule has 1 rings (SSSR count). The first kappa shape index (κ1) is 12.2. The summed E-state index contributed by atoms with van der Waals surface area (Å²) in [5, 5.41) is 0. The topological polar surface area (TPSA) is 17.1 Å². The van der Waals surface area contributed by atoms with Gasteiger partial charge in [-0.2, -0.15) is 0 Å². The highest BCUT2D eigenvalue weighted by molar-refractivity contribution is 5.94. The third-order valence-electron chi connectivity index (χ3n) is 2.92. The Morgan fingerprint density at radius 2 is 2.20 bits per heavy atom. The summed E-state index contributed by atoms with van der Waals surface area (Å²) < 4.78 is 0. The minimum Gasteiger partial charge on any atom is -0.295 e. The molecule has 0 aliphatic heterocycles. The summed E-state index contributed by atoms with van der Waals surface area (Å²) in [6, 6.07) is 0. The molecular formula is C14H22O. The van der Waals surface area contributed by atoms with E-state index in [1.807, 2.05) is 6.08 Å². The van der Waals surface area contributed by atoms with Gasteiger partial charge in [0.15, 0.2) is 5.78 Å². The van der Waals surface area contributed by atoms with Gasteiger partial charge in [0, 0.05) is 5.92 Å². The van der Waals surface area contributed by atoms with Crippen LogP contribution in [0.3, 0.4) is 0 Å². The molecule has 0 amide bonds. The van der Waals surface area contributed by atoms with Crippen molar-refractivity contribution < 1.29 is 4.79 Å². The maximum atomic E-state index is 11.3. The number of ketones is 1. The van der Waals surface area contributed by atoms with E-state index < -0.39 is 0 Å². The van der Waals surface area contributed by atoms with Gasteiger partial charge in [-0.1, -0.05) is 44.4 Å². The molecule has 0 heterocycles. The number of carbonyl (C=O) groups is 1. The highest BCUT2D eigenvalue weighted by atomic mass is 16.1. The monoisotopic (exact) mass is 206 g/mol. The molecule has 0 saturated carbocycles. The lowest BCUT2D eigenvalue weighted by molar-refractivity contribution is -0.117. The van der Waals surface area contributed by atoms with Gasteiger partial charge in [0.1, 0.15) is 0 Å². The number of rotatable bonds is 7. The van der Waals surface area contributed by atoms with E-state index in [4.69, 9.17) is 0 Å². The first-order valence-electron chi connectivity index (χ1n) is 6.20. The third-order valence-corrected chi connectivity index (χ3v) is 2.92. The van der Waals surface area contributed by atoms with Crippen LogP contribution < -0.4 is 0 Å². The molecule has 0 aromatic carbocycles. The minimum absolute atomic E-state index is 0.247. The molecule has 1 unspecified atom stereocenters. The summed E-state index contributed by atoms with van der Waals surface area (Å²) in [6.45, 7) is 2.23. The van der Waals surface area contributed by atoms with Crippen LogP contribution in [0, 0.1) is 5.92 Å². The van der Waals surface area contributed by atoms with Gasteiger partial charge in [0.05, 0.1) is 0 Å². The highest BCUT2D eigenvalue weighted by Gasteiger charge is 2.17. The minimum atomic E-state index is 0.247. The second-order valence-electron chi connectivity index (χ2n) is 4.29. The second-order valence-corrected chi connectivity index (χ2v) is 4.29. The number of unbranched alkanes of at least 4 members (excludes halogenated alkanes) is 4. The first-order chi connectivity index (χ1) is 7.34. The molecule has 0 radical (unpaired) electrons. The largest absolute Gasteiger partial charge is 0.295 e. The van der Waals surface area contributed by atoms with Crippen LogP contribution in [0.5, 0.6) is 0 Å². The zero-order valence-electron chi connectivity index (χ0n) is 9.74. The summed E-state index contributed by atoms with van der Waals surface area (Å²) in [6.07, 6.45) is 16.5. The van der Waals surface area contributed by atoms with Crippen LogP contribution in [0.1, 0.15) is 51.9 Å². The predicted molar refractivity (Wildman–Crippen MR) is 64.8 cm³/mol. The quantitative estimate of drug-likeness (QED) is 0.453. The molecule has 84 valence electrons. The number of allylic oxidation sites excluding steroid dienone is 4. The van der Waals surface area contributed by atoms with Crippen molar-refractivity contribution in [1.29, 1.82) is 0 Å². The highest BCUT2D eigenvalue weighted by Crippen LogP contribution is 2.18. The number of carbonyl (C=O) groups excluding carboxylic acids is 1. The smallest absolute Gasteiger partial charge is 0.159 e. The van der Waals surface area contributed by atoms with Crippen molar-refractivity contribution in [2.75, 3.05) is 0 Å². The summed E-state index contributed by atoms with van der Waals surface area (Å²) in [7, 11) is 0. The average Bonchev–Trinajstić information content (AvgIpc) is 2.63. The molecule has 1 heteroatoms. The van der Waals surface area contributed by atoms with E-state index in [9.17, 15) is 4.79 Å². The summed E-state index contributed by atoms with van der Waals surface area (Å²) in [4.78, 5) is 11.3. The second kappa shape index (κ2) is 7.44. The maximum Gasteiger partial charge on any atom is 0.159 e. The first-order valence-corrected chi connectivity index (χ1v) is 6.20. The van der Waals surface area contributed by atoms with E-state index in [1.54, 1.807) is 6.08 Å². The Balaban J connectivity index is 1.99. The Bertz CT molecular complexity index is 238. The molecule has 1 atom stereocenters. The van der Waals surface area contributed by atoms with Crippen molar-refractivity contribution in [2.24, 2.45) is 5.92 Å². The lowest BCUT2D eigenvalue weighted by atomic mass is 10.0. The standard InChI is InChI=1S/C14H22O/c1-2-3-4-5-6-7-8-10-13-11-9-12-14(13)15/h7-9,12-13H,2-6,10-11H2,1H3/b8-7-. The van der Waals surface area contributed by atoms with Crippen LogP contribution in [0.25, 0.3) is 0 Å². The Hall–Kier alpha value is -0.850. The molecule has 15 heavy (non-hydrogen) atoms. The van der Waals surface area contributed by atoms with Crippen molar-refractivity contribution in [2.45, 2.75) is 51.9 Å². The molecule has 0 aromatic rings. The van der Waals surface area contributed by atoms with Crippen molar-refractivity contribution in [1.82, 2.24) is 0 Å². The van der Waals surface area contributed by atoms with E-state index in [0.717, 1.165) is 12.8 Å².